The molecule has 4 aliphatic heterocycles. The normalized spacial score (nSPS) is 21.1. The van der Waals surface area contributed by atoms with Crippen molar-refractivity contribution in [2.24, 2.45) is 11.8 Å². The summed E-state index contributed by atoms with van der Waals surface area (Å²) in [6.07, 6.45) is -2.38. The van der Waals surface area contributed by atoms with E-state index in [1.807, 2.05) is 29.2 Å². The highest BCUT2D eigenvalue weighted by molar-refractivity contribution is 6.34. The Morgan fingerprint density at radius 1 is 0.845 bits per heavy atom. The fourth-order valence-electron chi connectivity index (χ4n) is 9.72. The van der Waals surface area contributed by atoms with Crippen molar-refractivity contribution in [2.45, 2.75) is 76.0 Å². The number of aromatic nitrogens is 3. The molecule has 0 bridgehead atoms. The molecule has 1 saturated carbocycles. The van der Waals surface area contributed by atoms with Crippen LogP contribution in [0.1, 0.15) is 100 Å². The summed E-state index contributed by atoms with van der Waals surface area (Å²) in [6, 6.07) is 14.0. The molecular formula is C49H51ClF4N10O7. The van der Waals surface area contributed by atoms with Crippen LogP contribution >= 0.6 is 11.6 Å². The number of H-pyrrole nitrogens is 1. The summed E-state index contributed by atoms with van der Waals surface area (Å²) >= 11 is 6.58. The predicted molar refractivity (Wildman–Crippen MR) is 248 cm³/mol. The fourth-order valence-corrected chi connectivity index (χ4v) is 9.99. The number of piperazine rings is 1. The van der Waals surface area contributed by atoms with Gasteiger partial charge in [0.2, 0.25) is 23.6 Å². The topological polar surface area (TPSA) is 210 Å². The van der Waals surface area contributed by atoms with Crippen molar-refractivity contribution >= 4 is 58.6 Å². The van der Waals surface area contributed by atoms with Crippen LogP contribution in [-0.2, 0) is 31.1 Å². The molecule has 1 aliphatic carbocycles. The number of benzene rings is 3. The lowest BCUT2D eigenvalue weighted by Gasteiger charge is -2.39. The van der Waals surface area contributed by atoms with E-state index >= 15 is 4.39 Å². The maximum Gasteiger partial charge on any atom is 0.401 e. The largest absolute Gasteiger partial charge is 0.401 e. The molecule has 1 unspecified atom stereocenters. The second-order valence-electron chi connectivity index (χ2n) is 19.3. The molecule has 3 aromatic carbocycles. The van der Waals surface area contributed by atoms with Crippen molar-refractivity contribution in [2.75, 3.05) is 57.3 Å². The molecule has 71 heavy (non-hydrogen) atoms. The first-order valence-electron chi connectivity index (χ1n) is 23.5. The number of aromatic amines is 1. The van der Waals surface area contributed by atoms with Crippen LogP contribution in [0.25, 0.3) is 11.1 Å². The lowest BCUT2D eigenvalue weighted by molar-refractivity contribution is -0.182. The Balaban J connectivity index is 0.688. The van der Waals surface area contributed by atoms with E-state index in [1.165, 1.54) is 6.07 Å². The van der Waals surface area contributed by atoms with Gasteiger partial charge in [0.15, 0.2) is 5.82 Å². The number of alkyl halides is 3. The highest BCUT2D eigenvalue weighted by Crippen LogP contribution is 2.48. The highest BCUT2D eigenvalue weighted by atomic mass is 35.5. The number of nitrogens with zero attached hydrogens (tertiary/aromatic N) is 6. The molecule has 0 radical (unpaired) electrons. The van der Waals surface area contributed by atoms with Gasteiger partial charge in [0, 0.05) is 58.2 Å². The number of imide groups is 2. The van der Waals surface area contributed by atoms with Gasteiger partial charge in [0.1, 0.15) is 23.1 Å². The maximum atomic E-state index is 15.5. The number of likely N-dealkylation sites (tertiary alicyclic amines) is 1. The van der Waals surface area contributed by atoms with E-state index in [0.717, 1.165) is 60.9 Å². The number of carbonyl (C=O) groups is 7. The number of nitrogens with one attached hydrogen (secondary N) is 4. The molecule has 22 heteroatoms. The first-order chi connectivity index (χ1) is 33.8. The predicted octanol–water partition coefficient (Wildman–Crippen LogP) is 4.72. The van der Waals surface area contributed by atoms with Crippen molar-refractivity contribution in [1.82, 2.24) is 45.8 Å². The minimum Gasteiger partial charge on any atom is -0.367 e. The SMILES string of the molecule is CC(C)(c1n[nH]c(CNC(=O)[C@H]2C[C@@H]2c2ccc(-c3ccc(C(=O)NCC(=O)N4CCC(CN5CCN(c6cc7c(cc6F)C(=O)N(C6CCC(=O)NC6=O)C7=O)CC5)CC4)c(Cl)c3)cc2)n1)C(F)(F)F. The number of fused-ring (bicyclic) bond motifs is 1. The van der Waals surface area contributed by atoms with Gasteiger partial charge < -0.3 is 20.4 Å². The Morgan fingerprint density at radius 2 is 1.52 bits per heavy atom. The number of hydrogen-bond donors (Lipinski definition) is 4. The van der Waals surface area contributed by atoms with E-state index < -0.39 is 58.8 Å². The fraction of sp³-hybridized carbons (Fsp3) is 0.449. The van der Waals surface area contributed by atoms with Gasteiger partial charge in [-0.2, -0.15) is 18.3 Å². The number of hydrogen-bond acceptors (Lipinski definition) is 11. The summed E-state index contributed by atoms with van der Waals surface area (Å²) in [5.41, 5.74) is 0.639. The molecule has 5 aliphatic rings. The summed E-state index contributed by atoms with van der Waals surface area (Å²) in [5, 5.41) is 14.0. The second-order valence-corrected chi connectivity index (χ2v) is 19.7. The Hall–Kier alpha value is -6.74. The van der Waals surface area contributed by atoms with Crippen LogP contribution in [0.15, 0.2) is 54.6 Å². The Labute approximate surface area is 410 Å². The van der Waals surface area contributed by atoms with Crippen LogP contribution in [0.5, 0.6) is 0 Å². The van der Waals surface area contributed by atoms with E-state index in [4.69, 9.17) is 11.6 Å². The van der Waals surface area contributed by atoms with Gasteiger partial charge in [-0.25, -0.2) is 9.37 Å². The van der Waals surface area contributed by atoms with Gasteiger partial charge in [-0.3, -0.25) is 53.8 Å². The average molecular weight is 1000 g/mol. The lowest BCUT2D eigenvalue weighted by atomic mass is 9.92. The van der Waals surface area contributed by atoms with Gasteiger partial charge >= 0.3 is 6.18 Å². The molecule has 374 valence electrons. The smallest absolute Gasteiger partial charge is 0.367 e. The summed E-state index contributed by atoms with van der Waals surface area (Å²) in [5.74, 6) is -4.49. The summed E-state index contributed by atoms with van der Waals surface area (Å²) in [6.45, 7) is 5.79. The monoisotopic (exact) mass is 1000 g/mol. The number of amides is 7. The van der Waals surface area contributed by atoms with Crippen LogP contribution in [-0.4, -0.2) is 136 Å². The summed E-state index contributed by atoms with van der Waals surface area (Å²) in [7, 11) is 0. The molecule has 0 spiro atoms. The Kier molecular flexibility index (Phi) is 13.5. The van der Waals surface area contributed by atoms with Gasteiger partial charge in [0.05, 0.1) is 40.5 Å². The molecule has 3 saturated heterocycles. The molecule has 1 aromatic heterocycles. The third kappa shape index (κ3) is 10.1. The van der Waals surface area contributed by atoms with E-state index in [9.17, 15) is 46.7 Å². The van der Waals surface area contributed by atoms with E-state index in [-0.39, 0.29) is 82.8 Å². The van der Waals surface area contributed by atoms with E-state index in [2.05, 4.69) is 36.0 Å². The molecule has 4 aromatic rings. The first-order valence-corrected chi connectivity index (χ1v) is 23.9. The number of carbonyl (C=O) groups excluding carboxylic acids is 7. The lowest BCUT2D eigenvalue weighted by Crippen LogP contribution is -2.54. The van der Waals surface area contributed by atoms with Gasteiger partial charge in [-0.15, -0.1) is 0 Å². The van der Waals surface area contributed by atoms with Crippen molar-refractivity contribution in [1.29, 1.82) is 0 Å². The van der Waals surface area contributed by atoms with Crippen LogP contribution in [0.4, 0.5) is 23.2 Å². The summed E-state index contributed by atoms with van der Waals surface area (Å²) < 4.78 is 55.6. The third-order valence-corrected chi connectivity index (χ3v) is 14.7. The second kappa shape index (κ2) is 19.5. The zero-order valence-electron chi connectivity index (χ0n) is 38.8. The van der Waals surface area contributed by atoms with Crippen molar-refractivity contribution in [3.8, 4) is 11.1 Å². The molecule has 4 N–H and O–H groups in total. The van der Waals surface area contributed by atoms with Gasteiger partial charge in [-0.1, -0.05) is 41.9 Å². The Bertz CT molecular complexity index is 2810. The molecule has 4 fully saturated rings. The van der Waals surface area contributed by atoms with E-state index in [0.29, 0.717) is 51.6 Å². The van der Waals surface area contributed by atoms with Gasteiger partial charge in [-0.05, 0) is 92.3 Å². The van der Waals surface area contributed by atoms with Crippen molar-refractivity contribution in [3.05, 3.63) is 99.3 Å². The highest BCUT2D eigenvalue weighted by Gasteiger charge is 2.52. The Morgan fingerprint density at radius 3 is 2.18 bits per heavy atom. The van der Waals surface area contributed by atoms with Crippen molar-refractivity contribution < 1.29 is 51.1 Å². The third-order valence-electron chi connectivity index (χ3n) is 14.3. The quantitative estimate of drug-likeness (QED) is 0.106. The minimum absolute atomic E-state index is 0.00768. The number of halogens is 5. The van der Waals surface area contributed by atoms with E-state index in [1.54, 1.807) is 23.1 Å². The zero-order chi connectivity index (χ0) is 50.5. The average Bonchev–Trinajstić information content (AvgIpc) is 3.93. The maximum absolute atomic E-state index is 15.5. The van der Waals surface area contributed by atoms with Crippen LogP contribution in [0.3, 0.4) is 0 Å². The standard InChI is InChI=1S/C49H51ClF4N10O7/c1-48(2,49(52,53)54)47-57-39(59-60-47)23-55-43(68)32-20-31(32)28-5-3-27(4-6-28)29-7-8-30(35(50)19-29)42(67)56-24-41(66)63-13-11-26(12-14-63)25-61-15-17-62(18-16-61)38-22-34-33(21-36(38)51)45(70)64(46(34)71)37-9-10-40(65)58-44(37)69/h3-8,19,21-22,26,31-32,37H,9-18,20,23-25H2,1-2H3,(H,55,68)(H,56,67)(H,57,59,60)(H,58,65,69)/t31-,32+,37?/m1/s1. The molecular weight excluding hydrogens is 952 g/mol. The minimum atomic E-state index is -4.54. The van der Waals surface area contributed by atoms with Crippen LogP contribution in [0, 0.1) is 17.7 Å². The zero-order valence-corrected chi connectivity index (χ0v) is 39.6. The molecule has 3 atom stereocenters. The van der Waals surface area contributed by atoms with Crippen LogP contribution in [0.2, 0.25) is 5.02 Å². The number of piperidine rings is 2. The van der Waals surface area contributed by atoms with Crippen molar-refractivity contribution in [3.63, 3.8) is 0 Å². The summed E-state index contributed by atoms with van der Waals surface area (Å²) in [4.78, 5) is 100. The molecule has 9 rings (SSSR count). The number of anilines is 1. The molecule has 17 nitrogen and oxygen atoms in total. The number of rotatable bonds is 13. The molecule has 5 heterocycles. The first kappa shape index (κ1) is 49.2. The van der Waals surface area contributed by atoms with Crippen LogP contribution < -0.4 is 20.9 Å². The van der Waals surface area contributed by atoms with Gasteiger partial charge in [0.25, 0.3) is 17.7 Å². The molecule has 7 amide bonds.